The molecule has 0 aromatic heterocycles. The first-order chi connectivity index (χ1) is 11.5. The first-order valence-electron chi connectivity index (χ1n) is 8.31. The van der Waals surface area contributed by atoms with Gasteiger partial charge in [-0.15, -0.1) is 0 Å². The molecule has 0 heterocycles. The fraction of sp³-hybridized carbons (Fsp3) is 0.400. The highest BCUT2D eigenvalue weighted by molar-refractivity contribution is 6.31. The van der Waals surface area contributed by atoms with Crippen LogP contribution < -0.4 is 10.5 Å². The third kappa shape index (κ3) is 4.10. The van der Waals surface area contributed by atoms with Gasteiger partial charge >= 0.3 is 0 Å². The zero-order valence-corrected chi connectivity index (χ0v) is 15.6. The molecule has 0 saturated carbocycles. The molecule has 0 aliphatic heterocycles. The van der Waals surface area contributed by atoms with Crippen molar-refractivity contribution in [2.45, 2.75) is 39.7 Å². The summed E-state index contributed by atoms with van der Waals surface area (Å²) in [6.45, 7) is 6.71. The first kappa shape index (κ1) is 18.8. The molecule has 1 atom stereocenters. The minimum absolute atomic E-state index is 0.0623. The Balaban J connectivity index is 2.43. The summed E-state index contributed by atoms with van der Waals surface area (Å²) in [4.78, 5) is 0. The number of ether oxygens (including phenoxy) is 2. The average Bonchev–Trinajstić information content (AvgIpc) is 2.58. The smallest absolute Gasteiger partial charge is 0.131 e. The predicted octanol–water partition coefficient (Wildman–Crippen LogP) is 5.35. The van der Waals surface area contributed by atoms with Gasteiger partial charge in [-0.2, -0.15) is 0 Å². The second kappa shape index (κ2) is 8.52. The van der Waals surface area contributed by atoms with Crippen molar-refractivity contribution in [1.82, 2.24) is 0 Å². The molecule has 0 aliphatic carbocycles. The Morgan fingerprint density at radius 1 is 1.08 bits per heavy atom. The highest BCUT2D eigenvalue weighted by Crippen LogP contribution is 2.34. The monoisotopic (exact) mass is 347 g/mol. The largest absolute Gasteiger partial charge is 0.457 e. The van der Waals surface area contributed by atoms with Crippen LogP contribution >= 0.6 is 11.6 Å². The number of hydrogen-bond donors (Lipinski definition) is 1. The molecule has 2 N–H and O–H groups in total. The van der Waals surface area contributed by atoms with Crippen LogP contribution in [0.2, 0.25) is 5.02 Å². The van der Waals surface area contributed by atoms with Gasteiger partial charge < -0.3 is 15.2 Å². The second-order valence-electron chi connectivity index (χ2n) is 5.94. The number of halogens is 1. The molecule has 24 heavy (non-hydrogen) atoms. The van der Waals surface area contributed by atoms with Crippen LogP contribution in [-0.2, 0) is 11.2 Å². The van der Waals surface area contributed by atoms with E-state index in [0.717, 1.165) is 51.6 Å². The lowest BCUT2D eigenvalue weighted by Gasteiger charge is -2.18. The first-order valence-corrected chi connectivity index (χ1v) is 8.68. The molecule has 0 fully saturated rings. The maximum Gasteiger partial charge on any atom is 0.131 e. The minimum Gasteiger partial charge on any atom is -0.457 e. The second-order valence-corrected chi connectivity index (χ2v) is 6.34. The lowest BCUT2D eigenvalue weighted by molar-refractivity contribution is 0.0998. The van der Waals surface area contributed by atoms with Crippen LogP contribution in [-0.4, -0.2) is 13.7 Å². The Morgan fingerprint density at radius 2 is 1.83 bits per heavy atom. The number of benzene rings is 2. The van der Waals surface area contributed by atoms with Crippen molar-refractivity contribution in [3.8, 4) is 11.5 Å². The molecule has 3 nitrogen and oxygen atoms in total. The Bertz CT molecular complexity index is 696. The summed E-state index contributed by atoms with van der Waals surface area (Å²) in [5.41, 5.74) is 10.0. The van der Waals surface area contributed by atoms with E-state index in [9.17, 15) is 0 Å². The van der Waals surface area contributed by atoms with Gasteiger partial charge in [-0.3, -0.25) is 0 Å². The summed E-state index contributed by atoms with van der Waals surface area (Å²) < 4.78 is 11.8. The molecule has 130 valence electrons. The average molecular weight is 348 g/mol. The molecule has 4 heteroatoms. The maximum atomic E-state index is 6.24. The van der Waals surface area contributed by atoms with E-state index in [4.69, 9.17) is 26.8 Å². The highest BCUT2D eigenvalue weighted by atomic mass is 35.5. The van der Waals surface area contributed by atoms with Crippen molar-refractivity contribution in [3.05, 3.63) is 57.6 Å². The Hall–Kier alpha value is -1.55. The van der Waals surface area contributed by atoms with E-state index in [-0.39, 0.29) is 6.10 Å². The molecule has 2 aromatic carbocycles. The van der Waals surface area contributed by atoms with E-state index in [0.29, 0.717) is 6.54 Å². The van der Waals surface area contributed by atoms with Crippen molar-refractivity contribution in [1.29, 1.82) is 0 Å². The van der Waals surface area contributed by atoms with Crippen LogP contribution in [0.3, 0.4) is 0 Å². The molecular formula is C20H26ClNO2. The molecule has 0 aliphatic rings. The summed E-state index contributed by atoms with van der Waals surface area (Å²) in [6.07, 6.45) is 1.74. The van der Waals surface area contributed by atoms with Crippen LogP contribution in [0.1, 0.15) is 41.7 Å². The minimum atomic E-state index is 0.0623. The molecule has 0 saturated heterocycles. The van der Waals surface area contributed by atoms with Crippen molar-refractivity contribution in [3.63, 3.8) is 0 Å². The topological polar surface area (TPSA) is 44.5 Å². The SMILES string of the molecule is CCC(OC)c1ccc(CCN)c(Oc2ccc(Cl)c(C)c2C)c1. The van der Waals surface area contributed by atoms with E-state index >= 15 is 0 Å². The summed E-state index contributed by atoms with van der Waals surface area (Å²) in [5, 5.41) is 0.751. The summed E-state index contributed by atoms with van der Waals surface area (Å²) in [6, 6.07) is 10.0. The lowest BCUT2D eigenvalue weighted by Crippen LogP contribution is -2.06. The Labute approximate surface area is 149 Å². The fourth-order valence-electron chi connectivity index (χ4n) is 2.76. The molecule has 0 amide bonds. The fourth-order valence-corrected chi connectivity index (χ4v) is 2.96. The van der Waals surface area contributed by atoms with Gasteiger partial charge in [-0.05, 0) is 73.7 Å². The van der Waals surface area contributed by atoms with E-state index in [2.05, 4.69) is 25.1 Å². The standard InChI is InChI=1S/C20H26ClNO2/c1-5-18(23-4)16-7-6-15(10-11-22)20(12-16)24-19-9-8-17(21)13(2)14(19)3/h6-9,12,18H,5,10-11,22H2,1-4H3. The zero-order valence-electron chi connectivity index (χ0n) is 14.9. The van der Waals surface area contributed by atoms with E-state index in [1.807, 2.05) is 26.0 Å². The lowest BCUT2D eigenvalue weighted by atomic mass is 10.0. The molecule has 0 radical (unpaired) electrons. The van der Waals surface area contributed by atoms with Gasteiger partial charge in [-0.25, -0.2) is 0 Å². The van der Waals surface area contributed by atoms with Gasteiger partial charge in [0.1, 0.15) is 11.5 Å². The van der Waals surface area contributed by atoms with Gasteiger partial charge in [0.2, 0.25) is 0 Å². The van der Waals surface area contributed by atoms with Gasteiger partial charge in [-0.1, -0.05) is 30.7 Å². The molecular weight excluding hydrogens is 322 g/mol. The van der Waals surface area contributed by atoms with Crippen LogP contribution in [0.25, 0.3) is 0 Å². The molecule has 2 aromatic rings. The molecule has 2 rings (SSSR count). The Kier molecular flexibility index (Phi) is 6.67. The van der Waals surface area contributed by atoms with Crippen LogP contribution in [0.4, 0.5) is 0 Å². The van der Waals surface area contributed by atoms with Gasteiger partial charge in [0, 0.05) is 12.1 Å². The summed E-state index contributed by atoms with van der Waals surface area (Å²) >= 11 is 6.19. The number of rotatable bonds is 7. The third-order valence-corrected chi connectivity index (χ3v) is 4.83. The summed E-state index contributed by atoms with van der Waals surface area (Å²) in [5.74, 6) is 1.65. The molecule has 1 unspecified atom stereocenters. The molecule has 0 bridgehead atoms. The predicted molar refractivity (Wildman–Crippen MR) is 100 cm³/mol. The van der Waals surface area contributed by atoms with Crippen molar-refractivity contribution >= 4 is 11.6 Å². The van der Waals surface area contributed by atoms with Gasteiger partial charge in [0.15, 0.2) is 0 Å². The maximum absolute atomic E-state index is 6.24. The zero-order chi connectivity index (χ0) is 17.7. The quantitative estimate of drug-likeness (QED) is 0.734. The Morgan fingerprint density at radius 3 is 2.46 bits per heavy atom. The van der Waals surface area contributed by atoms with Crippen LogP contribution in [0.5, 0.6) is 11.5 Å². The third-order valence-electron chi connectivity index (χ3n) is 4.42. The van der Waals surface area contributed by atoms with Crippen molar-refractivity contribution in [2.24, 2.45) is 5.73 Å². The summed E-state index contributed by atoms with van der Waals surface area (Å²) in [7, 11) is 1.73. The number of methoxy groups -OCH3 is 1. The van der Waals surface area contributed by atoms with Gasteiger partial charge in [0.25, 0.3) is 0 Å². The number of nitrogens with two attached hydrogens (primary N) is 1. The van der Waals surface area contributed by atoms with Crippen LogP contribution in [0, 0.1) is 13.8 Å². The van der Waals surface area contributed by atoms with Crippen molar-refractivity contribution in [2.75, 3.05) is 13.7 Å². The van der Waals surface area contributed by atoms with E-state index in [1.54, 1.807) is 7.11 Å². The van der Waals surface area contributed by atoms with E-state index in [1.165, 1.54) is 0 Å². The van der Waals surface area contributed by atoms with Crippen LogP contribution in [0.15, 0.2) is 30.3 Å². The van der Waals surface area contributed by atoms with Crippen molar-refractivity contribution < 1.29 is 9.47 Å². The number of hydrogen-bond acceptors (Lipinski definition) is 3. The highest BCUT2D eigenvalue weighted by Gasteiger charge is 2.14. The van der Waals surface area contributed by atoms with Gasteiger partial charge in [0.05, 0.1) is 6.10 Å². The normalized spacial score (nSPS) is 12.2. The van der Waals surface area contributed by atoms with E-state index < -0.39 is 0 Å². The molecule has 0 spiro atoms.